The molecule has 160 valence electrons. The van der Waals surface area contributed by atoms with Gasteiger partial charge in [0.05, 0.1) is 13.7 Å². The zero-order valence-electron chi connectivity index (χ0n) is 18.2. The Labute approximate surface area is 178 Å². The largest absolute Gasteiger partial charge is 0.493 e. The summed E-state index contributed by atoms with van der Waals surface area (Å²) in [4.78, 5) is 24.0. The Morgan fingerprint density at radius 3 is 2.50 bits per heavy atom. The summed E-state index contributed by atoms with van der Waals surface area (Å²) in [7, 11) is 1.59. The fourth-order valence-electron chi connectivity index (χ4n) is 2.59. The van der Waals surface area contributed by atoms with Crippen LogP contribution in [-0.4, -0.2) is 25.5 Å². The first kappa shape index (κ1) is 23.0. The lowest BCUT2D eigenvalue weighted by atomic mass is 10.1. The van der Waals surface area contributed by atoms with Crippen LogP contribution in [0.25, 0.3) is 6.08 Å². The fraction of sp³-hybridized carbons (Fsp3) is 0.333. The van der Waals surface area contributed by atoms with E-state index in [9.17, 15) is 9.59 Å². The smallest absolute Gasteiger partial charge is 0.248 e. The zero-order valence-corrected chi connectivity index (χ0v) is 18.2. The van der Waals surface area contributed by atoms with E-state index in [0.29, 0.717) is 41.8 Å². The van der Waals surface area contributed by atoms with Crippen molar-refractivity contribution in [1.82, 2.24) is 0 Å². The van der Waals surface area contributed by atoms with Crippen LogP contribution in [0.15, 0.2) is 42.5 Å². The average Bonchev–Trinajstić information content (AvgIpc) is 2.73. The summed E-state index contributed by atoms with van der Waals surface area (Å²) < 4.78 is 11.1. The van der Waals surface area contributed by atoms with Crippen molar-refractivity contribution in [2.45, 2.75) is 34.1 Å². The third-order valence-electron chi connectivity index (χ3n) is 4.29. The number of methoxy groups -OCH3 is 1. The zero-order chi connectivity index (χ0) is 22.1. The monoisotopic (exact) mass is 410 g/mol. The normalized spacial score (nSPS) is 10.9. The number of nitrogens with one attached hydrogen (secondary N) is 2. The highest BCUT2D eigenvalue weighted by Gasteiger charge is 2.08. The molecule has 2 aromatic rings. The predicted octanol–water partition coefficient (Wildman–Crippen LogP) is 5.04. The van der Waals surface area contributed by atoms with Crippen molar-refractivity contribution in [3.63, 3.8) is 0 Å². The Morgan fingerprint density at radius 2 is 1.83 bits per heavy atom. The number of hydrogen-bond donors (Lipinski definition) is 2. The number of rotatable bonds is 9. The number of hydrogen-bond acceptors (Lipinski definition) is 4. The molecule has 30 heavy (non-hydrogen) atoms. The van der Waals surface area contributed by atoms with Crippen molar-refractivity contribution in [2.24, 2.45) is 5.92 Å². The minimum Gasteiger partial charge on any atom is -0.493 e. The summed E-state index contributed by atoms with van der Waals surface area (Å²) in [5.41, 5.74) is 3.01. The lowest BCUT2D eigenvalue weighted by Crippen LogP contribution is -2.12. The highest BCUT2D eigenvalue weighted by atomic mass is 16.5. The van der Waals surface area contributed by atoms with Gasteiger partial charge >= 0.3 is 0 Å². The topological polar surface area (TPSA) is 76.7 Å². The van der Waals surface area contributed by atoms with Gasteiger partial charge in [-0.2, -0.15) is 0 Å². The molecule has 0 spiro atoms. The van der Waals surface area contributed by atoms with E-state index >= 15 is 0 Å². The van der Waals surface area contributed by atoms with E-state index < -0.39 is 0 Å². The fourth-order valence-corrected chi connectivity index (χ4v) is 2.59. The summed E-state index contributed by atoms with van der Waals surface area (Å²) in [6.45, 7) is 8.44. The van der Waals surface area contributed by atoms with Gasteiger partial charge in [0.1, 0.15) is 0 Å². The minimum absolute atomic E-state index is 0.0780. The van der Waals surface area contributed by atoms with Crippen LogP contribution in [0.5, 0.6) is 11.5 Å². The van der Waals surface area contributed by atoms with Crippen molar-refractivity contribution in [3.05, 3.63) is 53.6 Å². The van der Waals surface area contributed by atoms with Gasteiger partial charge in [-0.15, -0.1) is 0 Å². The first-order valence-electron chi connectivity index (χ1n) is 10.0. The number of amides is 2. The third kappa shape index (κ3) is 6.95. The van der Waals surface area contributed by atoms with Crippen LogP contribution in [0.1, 0.15) is 38.3 Å². The number of aryl methyl sites for hydroxylation is 1. The molecule has 0 aromatic heterocycles. The standard InChI is InChI=1S/C24H30N2O4/c1-6-23(27)25-19-10-7-17(4)20(14-19)26-24(28)12-9-18-8-11-21(22(13-18)29-5)30-15-16(2)3/h7-14,16H,6,15H2,1-5H3,(H,25,27)(H,26,28)/b12-9+. The summed E-state index contributed by atoms with van der Waals surface area (Å²) in [5, 5.41) is 5.64. The number of carbonyl (C=O) groups is 2. The van der Waals surface area contributed by atoms with Crippen LogP contribution in [-0.2, 0) is 9.59 Å². The SMILES string of the molecule is CCC(=O)Nc1ccc(C)c(NC(=O)/C=C/c2ccc(OCC(C)C)c(OC)c2)c1. The Hall–Kier alpha value is -3.28. The van der Waals surface area contributed by atoms with E-state index in [1.165, 1.54) is 6.08 Å². The number of benzene rings is 2. The molecule has 2 amide bonds. The molecule has 6 nitrogen and oxygen atoms in total. The van der Waals surface area contributed by atoms with E-state index in [0.717, 1.165) is 11.1 Å². The molecule has 0 saturated heterocycles. The summed E-state index contributed by atoms with van der Waals surface area (Å²) in [6, 6.07) is 10.9. The minimum atomic E-state index is -0.267. The maximum absolute atomic E-state index is 12.4. The molecule has 0 fully saturated rings. The predicted molar refractivity (Wildman–Crippen MR) is 121 cm³/mol. The molecule has 0 aliphatic heterocycles. The van der Waals surface area contributed by atoms with Crippen LogP contribution in [0.2, 0.25) is 0 Å². The van der Waals surface area contributed by atoms with E-state index in [1.54, 1.807) is 26.2 Å². The van der Waals surface area contributed by atoms with E-state index in [4.69, 9.17) is 9.47 Å². The van der Waals surface area contributed by atoms with Gasteiger partial charge in [0.15, 0.2) is 11.5 Å². The van der Waals surface area contributed by atoms with Crippen LogP contribution in [0, 0.1) is 12.8 Å². The maximum atomic E-state index is 12.4. The molecule has 0 aliphatic carbocycles. The van der Waals surface area contributed by atoms with Crippen LogP contribution in [0.3, 0.4) is 0 Å². The Balaban J connectivity index is 2.07. The van der Waals surface area contributed by atoms with Crippen LogP contribution >= 0.6 is 0 Å². The maximum Gasteiger partial charge on any atom is 0.248 e. The molecule has 0 bridgehead atoms. The van der Waals surface area contributed by atoms with Crippen molar-refractivity contribution < 1.29 is 19.1 Å². The van der Waals surface area contributed by atoms with E-state index in [-0.39, 0.29) is 11.8 Å². The molecule has 0 saturated carbocycles. The van der Waals surface area contributed by atoms with Crippen molar-refractivity contribution in [1.29, 1.82) is 0 Å². The van der Waals surface area contributed by atoms with Gasteiger partial charge in [-0.3, -0.25) is 9.59 Å². The second kappa shape index (κ2) is 11.0. The van der Waals surface area contributed by atoms with Gasteiger partial charge < -0.3 is 20.1 Å². The Bertz CT molecular complexity index is 919. The highest BCUT2D eigenvalue weighted by Crippen LogP contribution is 2.29. The molecular weight excluding hydrogens is 380 g/mol. The third-order valence-corrected chi connectivity index (χ3v) is 4.29. The average molecular weight is 411 g/mol. The Morgan fingerprint density at radius 1 is 1.07 bits per heavy atom. The van der Waals surface area contributed by atoms with Crippen LogP contribution in [0.4, 0.5) is 11.4 Å². The molecule has 6 heteroatoms. The van der Waals surface area contributed by atoms with Gasteiger partial charge in [-0.25, -0.2) is 0 Å². The molecule has 0 unspecified atom stereocenters. The van der Waals surface area contributed by atoms with Gasteiger partial charge in [0.25, 0.3) is 0 Å². The molecule has 0 radical (unpaired) electrons. The second-order valence-corrected chi connectivity index (χ2v) is 7.37. The summed E-state index contributed by atoms with van der Waals surface area (Å²) >= 11 is 0. The first-order chi connectivity index (χ1) is 14.3. The van der Waals surface area contributed by atoms with Crippen molar-refractivity contribution in [3.8, 4) is 11.5 Å². The highest BCUT2D eigenvalue weighted by molar-refractivity contribution is 6.03. The van der Waals surface area contributed by atoms with Gasteiger partial charge in [-0.1, -0.05) is 32.9 Å². The molecular formula is C24H30N2O4. The lowest BCUT2D eigenvalue weighted by Gasteiger charge is -2.13. The molecule has 0 atom stereocenters. The van der Waals surface area contributed by atoms with Crippen LogP contribution < -0.4 is 20.1 Å². The summed E-state index contributed by atoms with van der Waals surface area (Å²) in [5.74, 6) is 1.36. The molecule has 0 aliphatic rings. The molecule has 2 aromatic carbocycles. The first-order valence-corrected chi connectivity index (χ1v) is 10.0. The van der Waals surface area contributed by atoms with Gasteiger partial charge in [-0.05, 0) is 54.3 Å². The van der Waals surface area contributed by atoms with Crippen molar-refractivity contribution >= 4 is 29.3 Å². The second-order valence-electron chi connectivity index (χ2n) is 7.37. The number of carbonyl (C=O) groups excluding carboxylic acids is 2. The van der Waals surface area contributed by atoms with E-state index in [2.05, 4.69) is 24.5 Å². The quantitative estimate of drug-likeness (QED) is 0.568. The van der Waals surface area contributed by atoms with Crippen molar-refractivity contribution in [2.75, 3.05) is 24.4 Å². The number of anilines is 2. The molecule has 2 rings (SSSR count). The van der Waals surface area contributed by atoms with E-state index in [1.807, 2.05) is 37.3 Å². The van der Waals surface area contributed by atoms with Gasteiger partial charge in [0.2, 0.25) is 11.8 Å². The van der Waals surface area contributed by atoms with Gasteiger partial charge in [0, 0.05) is 23.9 Å². The number of ether oxygens (including phenoxy) is 2. The lowest BCUT2D eigenvalue weighted by molar-refractivity contribution is -0.116. The molecule has 2 N–H and O–H groups in total. The Kier molecular flexibility index (Phi) is 8.47. The molecule has 0 heterocycles. The summed E-state index contributed by atoms with van der Waals surface area (Å²) in [6.07, 6.45) is 3.56.